The summed E-state index contributed by atoms with van der Waals surface area (Å²) in [7, 11) is 3.23. The lowest BCUT2D eigenvalue weighted by atomic mass is 9.49. The van der Waals surface area contributed by atoms with Crippen molar-refractivity contribution in [3.8, 4) is 11.5 Å². The van der Waals surface area contributed by atoms with Gasteiger partial charge in [0.05, 0.1) is 14.2 Å². The maximum absolute atomic E-state index is 13.4. The van der Waals surface area contributed by atoms with Crippen molar-refractivity contribution in [1.82, 2.24) is 10.6 Å². The highest BCUT2D eigenvalue weighted by atomic mass is 16.5. The van der Waals surface area contributed by atoms with Crippen LogP contribution in [0.1, 0.15) is 57.9 Å². The van der Waals surface area contributed by atoms with E-state index in [0.717, 1.165) is 24.8 Å². The molecular weight excluding hydrogens is 404 g/mol. The second kappa shape index (κ2) is 9.32. The van der Waals surface area contributed by atoms with E-state index in [0.29, 0.717) is 42.2 Å². The average molecular weight is 443 g/mol. The summed E-state index contributed by atoms with van der Waals surface area (Å²) in [5.74, 6) is 3.55. The van der Waals surface area contributed by atoms with Crippen LogP contribution >= 0.6 is 0 Å². The molecule has 0 heterocycles. The minimum Gasteiger partial charge on any atom is -0.493 e. The predicted molar refractivity (Wildman–Crippen MR) is 124 cm³/mol. The van der Waals surface area contributed by atoms with Crippen molar-refractivity contribution >= 4 is 11.8 Å². The van der Waals surface area contributed by atoms with Crippen LogP contribution in [0, 0.1) is 29.1 Å². The molecule has 0 radical (unpaired) electrons. The van der Waals surface area contributed by atoms with Gasteiger partial charge in [0, 0.05) is 12.0 Å². The summed E-state index contributed by atoms with van der Waals surface area (Å²) in [5.41, 5.74) is 0.823. The van der Waals surface area contributed by atoms with Gasteiger partial charge in [-0.2, -0.15) is 0 Å². The van der Waals surface area contributed by atoms with E-state index in [1.54, 1.807) is 14.2 Å². The van der Waals surface area contributed by atoms with Crippen LogP contribution in [0.5, 0.6) is 11.5 Å². The Morgan fingerprint density at radius 1 is 1.00 bits per heavy atom. The summed E-state index contributed by atoms with van der Waals surface area (Å²) < 4.78 is 10.6. The van der Waals surface area contributed by atoms with Gasteiger partial charge in [0.15, 0.2) is 11.5 Å². The molecule has 5 rings (SSSR count). The number of ether oxygens (including phenoxy) is 2. The quantitative estimate of drug-likeness (QED) is 0.611. The van der Waals surface area contributed by atoms with E-state index in [1.807, 2.05) is 32.0 Å². The number of carbonyl (C=O) groups excluding carboxylic acids is 2. The molecule has 1 unspecified atom stereocenters. The fraction of sp³-hybridized carbons (Fsp3) is 0.692. The lowest BCUT2D eigenvalue weighted by molar-refractivity contribution is -0.149. The second-order valence-corrected chi connectivity index (χ2v) is 10.6. The molecule has 6 nitrogen and oxygen atoms in total. The maximum Gasteiger partial charge on any atom is 0.242 e. The molecule has 4 bridgehead atoms. The van der Waals surface area contributed by atoms with E-state index in [2.05, 4.69) is 10.6 Å². The van der Waals surface area contributed by atoms with Crippen molar-refractivity contribution in [3.63, 3.8) is 0 Å². The Hall–Kier alpha value is -2.24. The van der Waals surface area contributed by atoms with Crippen LogP contribution < -0.4 is 20.1 Å². The fourth-order valence-electron chi connectivity index (χ4n) is 6.69. The van der Waals surface area contributed by atoms with Crippen LogP contribution in [0.15, 0.2) is 18.2 Å². The smallest absolute Gasteiger partial charge is 0.242 e. The van der Waals surface area contributed by atoms with Crippen molar-refractivity contribution in [2.45, 2.75) is 64.8 Å². The molecular formula is C26H38N2O4. The molecule has 4 fully saturated rings. The summed E-state index contributed by atoms with van der Waals surface area (Å²) in [6.45, 7) is 4.50. The van der Waals surface area contributed by atoms with Crippen molar-refractivity contribution in [1.29, 1.82) is 0 Å². The number of amides is 2. The van der Waals surface area contributed by atoms with Crippen LogP contribution in [0.4, 0.5) is 0 Å². The highest BCUT2D eigenvalue weighted by molar-refractivity contribution is 5.90. The lowest BCUT2D eigenvalue weighted by Gasteiger charge is -2.55. The van der Waals surface area contributed by atoms with Crippen LogP contribution in [-0.2, 0) is 16.0 Å². The molecule has 0 aromatic heterocycles. The SMILES string of the molecule is COc1ccc(CCNC(=O)C(NC(=O)C23CC4CC(CC(C4)C2)C3)C(C)C)cc1OC. The molecule has 2 amide bonds. The number of rotatable bonds is 9. The minimum atomic E-state index is -0.499. The largest absolute Gasteiger partial charge is 0.493 e. The van der Waals surface area contributed by atoms with Crippen molar-refractivity contribution in [2.24, 2.45) is 29.1 Å². The Morgan fingerprint density at radius 3 is 2.12 bits per heavy atom. The Balaban J connectivity index is 1.34. The number of methoxy groups -OCH3 is 2. The van der Waals surface area contributed by atoms with Gasteiger partial charge in [-0.3, -0.25) is 9.59 Å². The van der Waals surface area contributed by atoms with Gasteiger partial charge in [-0.1, -0.05) is 19.9 Å². The molecule has 0 saturated heterocycles. The van der Waals surface area contributed by atoms with Gasteiger partial charge >= 0.3 is 0 Å². The zero-order valence-corrected chi connectivity index (χ0v) is 19.9. The first-order chi connectivity index (χ1) is 15.3. The molecule has 0 aliphatic heterocycles. The molecule has 32 heavy (non-hydrogen) atoms. The molecule has 4 aliphatic rings. The first-order valence-electron chi connectivity index (χ1n) is 12.1. The summed E-state index contributed by atoms with van der Waals surface area (Å²) in [4.78, 5) is 26.4. The summed E-state index contributed by atoms with van der Waals surface area (Å²) >= 11 is 0. The molecule has 0 spiro atoms. The monoisotopic (exact) mass is 442 g/mol. The van der Waals surface area contributed by atoms with Gasteiger partial charge < -0.3 is 20.1 Å². The van der Waals surface area contributed by atoms with E-state index in [9.17, 15) is 9.59 Å². The Kier molecular flexibility index (Phi) is 6.68. The zero-order chi connectivity index (χ0) is 22.9. The van der Waals surface area contributed by atoms with E-state index >= 15 is 0 Å². The van der Waals surface area contributed by atoms with Crippen molar-refractivity contribution < 1.29 is 19.1 Å². The Bertz CT molecular complexity index is 815. The summed E-state index contributed by atoms with van der Waals surface area (Å²) in [5, 5.41) is 6.20. The van der Waals surface area contributed by atoms with E-state index in [4.69, 9.17) is 9.47 Å². The van der Waals surface area contributed by atoms with Gasteiger partial charge in [0.2, 0.25) is 11.8 Å². The molecule has 6 heteroatoms. The average Bonchev–Trinajstić information content (AvgIpc) is 2.75. The number of benzene rings is 1. The Morgan fingerprint density at radius 2 is 1.59 bits per heavy atom. The third-order valence-electron chi connectivity index (χ3n) is 7.92. The predicted octanol–water partition coefficient (Wildman–Crippen LogP) is 3.72. The highest BCUT2D eigenvalue weighted by Gasteiger charge is 2.55. The molecule has 1 atom stereocenters. The van der Waals surface area contributed by atoms with Crippen LogP contribution in [0.2, 0.25) is 0 Å². The number of hydrogen-bond acceptors (Lipinski definition) is 4. The number of nitrogens with one attached hydrogen (secondary N) is 2. The second-order valence-electron chi connectivity index (χ2n) is 10.6. The standard InChI is InChI=1S/C26H38N2O4/c1-16(2)23(24(29)27-8-7-17-5-6-21(31-3)22(12-17)32-4)28-25(30)26-13-18-9-19(14-26)11-20(10-18)15-26/h5-6,12,16,18-20,23H,7-11,13-15H2,1-4H3,(H,27,29)(H,28,30). The normalized spacial score (nSPS) is 29.0. The molecule has 1 aromatic rings. The first-order valence-corrected chi connectivity index (χ1v) is 12.1. The number of carbonyl (C=O) groups is 2. The minimum absolute atomic E-state index is 0.0361. The van der Waals surface area contributed by atoms with E-state index in [1.165, 1.54) is 19.3 Å². The molecule has 4 saturated carbocycles. The van der Waals surface area contributed by atoms with Gasteiger partial charge in [-0.05, 0) is 86.3 Å². The van der Waals surface area contributed by atoms with Gasteiger partial charge in [0.1, 0.15) is 6.04 Å². The molecule has 4 aliphatic carbocycles. The summed E-state index contributed by atoms with van der Waals surface area (Å²) in [6.07, 6.45) is 7.62. The van der Waals surface area contributed by atoms with Crippen molar-refractivity contribution in [3.05, 3.63) is 23.8 Å². The number of hydrogen-bond donors (Lipinski definition) is 2. The first kappa shape index (κ1) is 22.9. The zero-order valence-electron chi connectivity index (χ0n) is 19.9. The van der Waals surface area contributed by atoms with E-state index < -0.39 is 6.04 Å². The maximum atomic E-state index is 13.4. The third kappa shape index (κ3) is 4.60. The van der Waals surface area contributed by atoms with Crippen LogP contribution in [-0.4, -0.2) is 38.6 Å². The topological polar surface area (TPSA) is 76.7 Å². The third-order valence-corrected chi connectivity index (χ3v) is 7.92. The highest BCUT2D eigenvalue weighted by Crippen LogP contribution is 2.60. The van der Waals surface area contributed by atoms with Gasteiger partial charge in [-0.25, -0.2) is 0 Å². The Labute approximate surface area is 191 Å². The fourth-order valence-corrected chi connectivity index (χ4v) is 6.69. The summed E-state index contributed by atoms with van der Waals surface area (Å²) in [6, 6.07) is 5.28. The molecule has 1 aromatic carbocycles. The lowest BCUT2D eigenvalue weighted by Crippen LogP contribution is -2.58. The molecule has 2 N–H and O–H groups in total. The van der Waals surface area contributed by atoms with Crippen molar-refractivity contribution in [2.75, 3.05) is 20.8 Å². The van der Waals surface area contributed by atoms with Crippen LogP contribution in [0.25, 0.3) is 0 Å². The van der Waals surface area contributed by atoms with Crippen LogP contribution in [0.3, 0.4) is 0 Å². The van der Waals surface area contributed by atoms with Gasteiger partial charge in [-0.15, -0.1) is 0 Å². The van der Waals surface area contributed by atoms with Gasteiger partial charge in [0.25, 0.3) is 0 Å². The van der Waals surface area contributed by atoms with E-state index in [-0.39, 0.29) is 23.1 Å². The molecule has 176 valence electrons.